The molecule has 0 spiro atoms. The molecular formula is C12H17N3O3S. The lowest BCUT2D eigenvalue weighted by Crippen LogP contribution is -2.25. The molecule has 0 atom stereocenters. The number of nitrogens with one attached hydrogen (secondary N) is 1. The number of carboxylic acids is 1. The van der Waals surface area contributed by atoms with Crippen molar-refractivity contribution >= 4 is 28.4 Å². The second kappa shape index (κ2) is 6.12. The molecule has 1 amide bonds. The maximum absolute atomic E-state index is 11.8. The number of rotatable bonds is 5. The van der Waals surface area contributed by atoms with Crippen LogP contribution in [0, 0.1) is 6.92 Å². The molecule has 19 heavy (non-hydrogen) atoms. The first kappa shape index (κ1) is 14.0. The second-order valence-corrected chi connectivity index (χ2v) is 5.40. The molecule has 104 valence electrons. The molecule has 1 aliphatic rings. The highest BCUT2D eigenvalue weighted by Gasteiger charge is 2.19. The highest BCUT2D eigenvalue weighted by Crippen LogP contribution is 2.24. The summed E-state index contributed by atoms with van der Waals surface area (Å²) < 4.78 is 3.96. The number of carboxylic acid groups (broad SMARTS) is 1. The number of aromatic carboxylic acids is 1. The van der Waals surface area contributed by atoms with E-state index in [9.17, 15) is 9.59 Å². The van der Waals surface area contributed by atoms with Crippen molar-refractivity contribution in [2.24, 2.45) is 0 Å². The predicted molar refractivity (Wildman–Crippen MR) is 72.7 cm³/mol. The molecule has 0 aromatic carbocycles. The van der Waals surface area contributed by atoms with Crippen LogP contribution in [0.1, 0.15) is 35.3 Å². The average molecular weight is 283 g/mol. The lowest BCUT2D eigenvalue weighted by molar-refractivity contribution is -0.116. The fourth-order valence-corrected chi connectivity index (χ4v) is 2.97. The number of amides is 1. The van der Waals surface area contributed by atoms with Gasteiger partial charge in [-0.05, 0) is 44.4 Å². The third-order valence-corrected chi connectivity index (χ3v) is 4.04. The van der Waals surface area contributed by atoms with Gasteiger partial charge in [0.1, 0.15) is 10.6 Å². The molecule has 0 radical (unpaired) electrons. The van der Waals surface area contributed by atoms with Crippen LogP contribution in [0.25, 0.3) is 0 Å². The Balaban J connectivity index is 1.89. The van der Waals surface area contributed by atoms with E-state index in [2.05, 4.69) is 14.6 Å². The van der Waals surface area contributed by atoms with Crippen molar-refractivity contribution in [1.29, 1.82) is 0 Å². The summed E-state index contributed by atoms with van der Waals surface area (Å²) in [6.45, 7) is 4.45. The fourth-order valence-electron chi connectivity index (χ4n) is 2.16. The number of nitrogens with zero attached hydrogens (tertiary/aromatic N) is 2. The van der Waals surface area contributed by atoms with Crippen molar-refractivity contribution in [2.45, 2.75) is 26.2 Å². The smallest absolute Gasteiger partial charge is 0.340 e. The number of aryl methyl sites for hydroxylation is 1. The summed E-state index contributed by atoms with van der Waals surface area (Å²) in [7, 11) is 0. The van der Waals surface area contributed by atoms with Crippen LogP contribution in [0.5, 0.6) is 0 Å². The van der Waals surface area contributed by atoms with E-state index in [0.29, 0.717) is 17.1 Å². The molecule has 0 saturated carbocycles. The van der Waals surface area contributed by atoms with Gasteiger partial charge >= 0.3 is 5.97 Å². The van der Waals surface area contributed by atoms with E-state index in [1.165, 1.54) is 12.8 Å². The summed E-state index contributed by atoms with van der Waals surface area (Å²) in [6.07, 6.45) is 2.77. The molecular weight excluding hydrogens is 266 g/mol. The molecule has 2 rings (SSSR count). The quantitative estimate of drug-likeness (QED) is 0.857. The van der Waals surface area contributed by atoms with Crippen LogP contribution < -0.4 is 5.32 Å². The third kappa shape index (κ3) is 3.51. The molecule has 0 aliphatic carbocycles. The molecule has 1 saturated heterocycles. The number of aromatic nitrogens is 1. The Morgan fingerprint density at radius 3 is 2.74 bits per heavy atom. The van der Waals surface area contributed by atoms with Gasteiger partial charge in [-0.15, -0.1) is 0 Å². The van der Waals surface area contributed by atoms with Crippen molar-refractivity contribution in [3.63, 3.8) is 0 Å². The summed E-state index contributed by atoms with van der Waals surface area (Å²) in [4.78, 5) is 25.1. The van der Waals surface area contributed by atoms with Crippen LogP contribution in [0.15, 0.2) is 0 Å². The Hall–Kier alpha value is -1.47. The summed E-state index contributed by atoms with van der Waals surface area (Å²) in [5.41, 5.74) is 0.534. The normalized spacial score (nSPS) is 15.6. The van der Waals surface area contributed by atoms with Crippen molar-refractivity contribution in [2.75, 3.05) is 25.0 Å². The highest BCUT2D eigenvalue weighted by molar-refractivity contribution is 7.11. The zero-order valence-corrected chi connectivity index (χ0v) is 11.6. The number of carbonyl (C=O) groups excluding carboxylic acids is 1. The van der Waals surface area contributed by atoms with Crippen molar-refractivity contribution in [3.05, 3.63) is 11.3 Å². The van der Waals surface area contributed by atoms with E-state index in [-0.39, 0.29) is 11.5 Å². The van der Waals surface area contributed by atoms with Crippen molar-refractivity contribution in [1.82, 2.24) is 9.27 Å². The standard InChI is InChI=1S/C12H17N3O3S/c1-8-10(12(17)18)11(19-14-8)13-9(16)4-7-15-5-2-3-6-15/h2-7H2,1H3,(H,13,16)(H,17,18). The zero-order chi connectivity index (χ0) is 13.8. The lowest BCUT2D eigenvalue weighted by Gasteiger charge is -2.13. The van der Waals surface area contributed by atoms with Gasteiger partial charge in [-0.1, -0.05) is 0 Å². The van der Waals surface area contributed by atoms with Crippen molar-refractivity contribution < 1.29 is 14.7 Å². The van der Waals surface area contributed by atoms with Gasteiger partial charge < -0.3 is 15.3 Å². The Morgan fingerprint density at radius 2 is 2.11 bits per heavy atom. The highest BCUT2D eigenvalue weighted by atomic mass is 32.1. The molecule has 1 aromatic heterocycles. The van der Waals surface area contributed by atoms with E-state index in [1.807, 2.05) is 0 Å². The second-order valence-electron chi connectivity index (χ2n) is 4.62. The summed E-state index contributed by atoms with van der Waals surface area (Å²) >= 11 is 1.01. The first-order valence-corrected chi connectivity index (χ1v) is 7.07. The molecule has 2 heterocycles. The summed E-state index contributed by atoms with van der Waals surface area (Å²) in [5.74, 6) is -1.21. The number of carbonyl (C=O) groups is 2. The molecule has 0 bridgehead atoms. The van der Waals surface area contributed by atoms with Crippen LogP contribution in [-0.4, -0.2) is 45.9 Å². The lowest BCUT2D eigenvalue weighted by atomic mass is 10.2. The van der Waals surface area contributed by atoms with Gasteiger partial charge in [-0.3, -0.25) is 4.79 Å². The van der Waals surface area contributed by atoms with Gasteiger partial charge in [0.25, 0.3) is 0 Å². The van der Waals surface area contributed by atoms with Crippen LogP contribution in [0.3, 0.4) is 0 Å². The summed E-state index contributed by atoms with van der Waals surface area (Å²) in [6, 6.07) is 0. The van der Waals surface area contributed by atoms with E-state index < -0.39 is 5.97 Å². The van der Waals surface area contributed by atoms with Crippen LogP contribution in [-0.2, 0) is 4.79 Å². The Labute approximate surface area is 115 Å². The number of hydrogen-bond donors (Lipinski definition) is 2. The Kier molecular flexibility index (Phi) is 4.49. The van der Waals surface area contributed by atoms with E-state index >= 15 is 0 Å². The van der Waals surface area contributed by atoms with Gasteiger partial charge in [-0.2, -0.15) is 4.37 Å². The van der Waals surface area contributed by atoms with Crippen LogP contribution in [0.2, 0.25) is 0 Å². The molecule has 1 aromatic rings. The Bertz CT molecular complexity index is 481. The predicted octanol–water partition coefficient (Wildman–Crippen LogP) is 1.57. The molecule has 6 nitrogen and oxygen atoms in total. The molecule has 1 aliphatic heterocycles. The van der Waals surface area contributed by atoms with Crippen LogP contribution in [0.4, 0.5) is 5.00 Å². The van der Waals surface area contributed by atoms with Gasteiger partial charge in [0.15, 0.2) is 0 Å². The van der Waals surface area contributed by atoms with E-state index in [1.54, 1.807) is 6.92 Å². The zero-order valence-electron chi connectivity index (χ0n) is 10.8. The molecule has 1 fully saturated rings. The van der Waals surface area contributed by atoms with Gasteiger partial charge in [0.2, 0.25) is 5.91 Å². The maximum atomic E-state index is 11.8. The minimum atomic E-state index is -1.05. The van der Waals surface area contributed by atoms with E-state index in [4.69, 9.17) is 5.11 Å². The first-order chi connectivity index (χ1) is 9.08. The van der Waals surface area contributed by atoms with E-state index in [0.717, 1.165) is 31.2 Å². The number of anilines is 1. The minimum absolute atomic E-state index is 0.0968. The SMILES string of the molecule is Cc1nsc(NC(=O)CCN2CCCC2)c1C(=O)O. The monoisotopic (exact) mass is 283 g/mol. The Morgan fingerprint density at radius 1 is 1.42 bits per heavy atom. The minimum Gasteiger partial charge on any atom is -0.478 e. The van der Waals surface area contributed by atoms with Gasteiger partial charge in [-0.25, -0.2) is 4.79 Å². The average Bonchev–Trinajstić information content (AvgIpc) is 2.96. The van der Waals surface area contributed by atoms with Gasteiger partial charge in [0.05, 0.1) is 5.69 Å². The number of likely N-dealkylation sites (tertiary alicyclic amines) is 1. The number of hydrogen-bond acceptors (Lipinski definition) is 5. The van der Waals surface area contributed by atoms with Crippen molar-refractivity contribution in [3.8, 4) is 0 Å². The first-order valence-electron chi connectivity index (χ1n) is 6.29. The third-order valence-electron chi connectivity index (χ3n) is 3.18. The topological polar surface area (TPSA) is 82.5 Å². The fraction of sp³-hybridized carbons (Fsp3) is 0.583. The molecule has 0 unspecified atom stereocenters. The summed E-state index contributed by atoms with van der Waals surface area (Å²) in [5, 5.41) is 12.0. The maximum Gasteiger partial charge on any atom is 0.340 e. The molecule has 2 N–H and O–H groups in total. The molecule has 7 heteroatoms. The van der Waals surface area contributed by atoms with Crippen LogP contribution >= 0.6 is 11.5 Å². The van der Waals surface area contributed by atoms with Gasteiger partial charge in [0, 0.05) is 13.0 Å². The largest absolute Gasteiger partial charge is 0.478 e.